The molecular weight excluding hydrogens is 1070 g/mol. The molecule has 2 aliphatic rings. The third-order valence-electron chi connectivity index (χ3n) is 18.7. The first kappa shape index (κ1) is 57.1. The highest BCUT2D eigenvalue weighted by Gasteiger charge is 2.46. The molecule has 12 aromatic rings. The van der Waals surface area contributed by atoms with Crippen LogP contribution in [0.25, 0.3) is 77.9 Å². The molecule has 0 atom stereocenters. The lowest BCUT2D eigenvalue weighted by Crippen LogP contribution is -2.61. The third kappa shape index (κ3) is 10.4. The molecule has 2 aliphatic heterocycles. The van der Waals surface area contributed by atoms with E-state index in [1.54, 1.807) is 0 Å². The smallest absolute Gasteiger partial charge is 0.252 e. The van der Waals surface area contributed by atoms with E-state index in [4.69, 9.17) is 0 Å². The lowest BCUT2D eigenvalue weighted by atomic mass is 9.33. The molecular formula is C86H77BN2. The van der Waals surface area contributed by atoms with Gasteiger partial charge in [-0.1, -0.05) is 294 Å². The summed E-state index contributed by atoms with van der Waals surface area (Å²) in [7, 11) is 0. The maximum absolute atomic E-state index is 2.71. The van der Waals surface area contributed by atoms with Crippen molar-refractivity contribution >= 4 is 57.2 Å². The third-order valence-corrected chi connectivity index (χ3v) is 18.7. The van der Waals surface area contributed by atoms with Gasteiger partial charge in [-0.15, -0.1) is 0 Å². The fourth-order valence-electron chi connectivity index (χ4n) is 13.9. The van der Waals surface area contributed by atoms with E-state index < -0.39 is 0 Å². The molecule has 0 spiro atoms. The van der Waals surface area contributed by atoms with Crippen molar-refractivity contribution in [1.29, 1.82) is 0 Å². The Balaban J connectivity index is 1.22. The summed E-state index contributed by atoms with van der Waals surface area (Å²) in [6.07, 6.45) is 0. The van der Waals surface area contributed by atoms with Gasteiger partial charge in [0.05, 0.1) is 11.4 Å². The molecule has 12 aromatic carbocycles. The number of hydrogen-bond acceptors (Lipinski definition) is 2. The zero-order valence-electron chi connectivity index (χ0n) is 53.1. The Hall–Kier alpha value is -9.70. The molecule has 434 valence electrons. The van der Waals surface area contributed by atoms with Crippen molar-refractivity contribution in [2.75, 3.05) is 9.80 Å². The van der Waals surface area contributed by atoms with Crippen molar-refractivity contribution in [1.82, 2.24) is 0 Å². The van der Waals surface area contributed by atoms with E-state index in [0.29, 0.717) is 5.92 Å². The zero-order valence-corrected chi connectivity index (χ0v) is 53.1. The molecule has 0 aliphatic carbocycles. The molecule has 3 heteroatoms. The Morgan fingerprint density at radius 2 is 0.618 bits per heavy atom. The van der Waals surface area contributed by atoms with Crippen LogP contribution in [0.1, 0.15) is 103 Å². The molecule has 0 amide bonds. The maximum Gasteiger partial charge on any atom is 0.252 e. The number of benzene rings is 12. The summed E-state index contributed by atoms with van der Waals surface area (Å²) in [5, 5.41) is 0. The molecule has 0 radical (unpaired) electrons. The van der Waals surface area contributed by atoms with Crippen molar-refractivity contribution < 1.29 is 0 Å². The van der Waals surface area contributed by atoms with Gasteiger partial charge in [-0.05, 0) is 165 Å². The molecule has 0 fully saturated rings. The second-order valence-electron chi connectivity index (χ2n) is 27.3. The predicted octanol–water partition coefficient (Wildman–Crippen LogP) is 22.3. The minimum Gasteiger partial charge on any atom is -0.310 e. The molecule has 0 unspecified atom stereocenters. The molecule has 2 nitrogen and oxygen atoms in total. The molecule has 0 aromatic heterocycles. The molecule has 2 heterocycles. The fourth-order valence-corrected chi connectivity index (χ4v) is 13.9. The van der Waals surface area contributed by atoms with Gasteiger partial charge in [0.2, 0.25) is 0 Å². The van der Waals surface area contributed by atoms with E-state index in [1.165, 1.54) is 117 Å². The zero-order chi connectivity index (χ0) is 61.3. The topological polar surface area (TPSA) is 6.48 Å². The lowest BCUT2D eigenvalue weighted by Gasteiger charge is -2.46. The van der Waals surface area contributed by atoms with Gasteiger partial charge < -0.3 is 9.80 Å². The van der Waals surface area contributed by atoms with Crippen LogP contribution in [-0.4, -0.2) is 6.71 Å². The molecule has 89 heavy (non-hydrogen) atoms. The van der Waals surface area contributed by atoms with Gasteiger partial charge in [0.15, 0.2) is 0 Å². The maximum atomic E-state index is 2.71. The number of rotatable bonds is 11. The second kappa shape index (κ2) is 22.8. The Bertz CT molecular complexity index is 4210. The van der Waals surface area contributed by atoms with Crippen LogP contribution in [0.3, 0.4) is 0 Å². The van der Waals surface area contributed by atoms with Crippen LogP contribution in [0.15, 0.2) is 273 Å². The second-order valence-corrected chi connectivity index (χ2v) is 27.3. The van der Waals surface area contributed by atoms with E-state index in [0.717, 1.165) is 34.1 Å². The van der Waals surface area contributed by atoms with Gasteiger partial charge in [0.1, 0.15) is 0 Å². The first-order valence-corrected chi connectivity index (χ1v) is 32.0. The van der Waals surface area contributed by atoms with Crippen LogP contribution in [0, 0.1) is 0 Å². The summed E-state index contributed by atoms with van der Waals surface area (Å²) in [4.78, 5) is 5.42. The average molecular weight is 1150 g/mol. The Morgan fingerprint density at radius 1 is 0.281 bits per heavy atom. The molecule has 14 rings (SSSR count). The van der Waals surface area contributed by atoms with Gasteiger partial charge in [-0.2, -0.15) is 0 Å². The summed E-state index contributed by atoms with van der Waals surface area (Å²) in [5.74, 6) is 0.629. The van der Waals surface area contributed by atoms with Crippen LogP contribution >= 0.6 is 0 Å². The standard InChI is InChI=1S/C86H77BN2/c1-56(2)64-41-44-70(71(47-64)57(3)4)67-50-80-82-81(51-67)89(84-74(62-37-25-15-26-38-62)54-69(86(8,9)10)55-75(84)63-39-27-16-28-40-63)79-46-43-66(59-31-19-12-20-32-59)49-77(79)87(82)76-48-65(58-29-17-11-18-30-58)42-45-78(76)88(80)83-72(60-33-21-13-22-34-60)52-68(85(5,6)7)53-73(83)61-35-23-14-24-36-61/h11-57H,1-10H3. The molecule has 0 N–H and O–H groups in total. The van der Waals surface area contributed by atoms with E-state index in [9.17, 15) is 0 Å². The van der Waals surface area contributed by atoms with Gasteiger partial charge in [-0.25, -0.2) is 0 Å². The normalized spacial score (nSPS) is 12.7. The Kier molecular flexibility index (Phi) is 14.6. The van der Waals surface area contributed by atoms with Crippen LogP contribution in [-0.2, 0) is 10.8 Å². The van der Waals surface area contributed by atoms with E-state index in [-0.39, 0.29) is 23.5 Å². The summed E-state index contributed by atoms with van der Waals surface area (Å²) in [6, 6.07) is 104. The number of hydrogen-bond donors (Lipinski definition) is 0. The highest BCUT2D eigenvalue weighted by atomic mass is 15.2. The SMILES string of the molecule is CC(C)c1ccc(-c2cc3c4c(c2)N(c2c(-c5ccccc5)cc(C(C)(C)C)cc2-c2ccccc2)c2ccc(-c5ccccc5)cc2B4c2cc(-c4ccccc4)ccc2N3c2c(-c3ccccc3)cc(C(C)(C)C)cc2-c2ccccc2)c(C(C)C)c1. The van der Waals surface area contributed by atoms with Crippen LogP contribution in [0.5, 0.6) is 0 Å². The van der Waals surface area contributed by atoms with Crippen molar-refractivity contribution in [3.8, 4) is 77.9 Å². The molecule has 0 saturated carbocycles. The lowest BCUT2D eigenvalue weighted by molar-refractivity contribution is 0.590. The Morgan fingerprint density at radius 3 is 0.933 bits per heavy atom. The average Bonchev–Trinajstić information content (AvgIpc) is 0.705. The molecule has 0 bridgehead atoms. The quantitative estimate of drug-likeness (QED) is 0.119. The minimum atomic E-state index is -0.199. The van der Waals surface area contributed by atoms with Crippen molar-refractivity contribution in [3.05, 3.63) is 295 Å². The van der Waals surface area contributed by atoms with Crippen molar-refractivity contribution in [3.63, 3.8) is 0 Å². The van der Waals surface area contributed by atoms with Gasteiger partial charge in [-0.3, -0.25) is 0 Å². The van der Waals surface area contributed by atoms with Crippen LogP contribution < -0.4 is 26.2 Å². The van der Waals surface area contributed by atoms with Crippen LogP contribution in [0.4, 0.5) is 34.1 Å². The summed E-state index contributed by atoms with van der Waals surface area (Å²) in [6.45, 7) is 23.3. The van der Waals surface area contributed by atoms with E-state index in [1.807, 2.05) is 0 Å². The summed E-state index contributed by atoms with van der Waals surface area (Å²) < 4.78 is 0. The monoisotopic (exact) mass is 1150 g/mol. The Labute approximate surface area is 528 Å². The van der Waals surface area contributed by atoms with E-state index in [2.05, 4.69) is 352 Å². The number of anilines is 6. The van der Waals surface area contributed by atoms with Crippen LogP contribution in [0.2, 0.25) is 0 Å². The summed E-state index contributed by atoms with van der Waals surface area (Å²) >= 11 is 0. The summed E-state index contributed by atoms with van der Waals surface area (Å²) in [5.41, 5.74) is 32.3. The minimum absolute atomic E-state index is 0.161. The van der Waals surface area contributed by atoms with E-state index >= 15 is 0 Å². The van der Waals surface area contributed by atoms with Gasteiger partial charge in [0, 0.05) is 45.0 Å². The largest absolute Gasteiger partial charge is 0.310 e. The fraction of sp³-hybridized carbons (Fsp3) is 0.163. The molecule has 0 saturated heterocycles. The van der Waals surface area contributed by atoms with Gasteiger partial charge in [0.25, 0.3) is 6.71 Å². The first-order chi connectivity index (χ1) is 43.1. The predicted molar refractivity (Wildman–Crippen MR) is 384 cm³/mol. The first-order valence-electron chi connectivity index (χ1n) is 32.0. The number of nitrogens with zero attached hydrogens (tertiary/aromatic N) is 2. The number of fused-ring (bicyclic) bond motifs is 4. The van der Waals surface area contributed by atoms with Gasteiger partial charge >= 0.3 is 0 Å². The highest BCUT2D eigenvalue weighted by molar-refractivity contribution is 7.00. The highest BCUT2D eigenvalue weighted by Crippen LogP contribution is 2.55. The van der Waals surface area contributed by atoms with Crippen molar-refractivity contribution in [2.24, 2.45) is 0 Å². The van der Waals surface area contributed by atoms with Crippen molar-refractivity contribution in [2.45, 2.75) is 91.9 Å².